The molecule has 3 heterocycles. The third-order valence-corrected chi connectivity index (χ3v) is 4.00. The summed E-state index contributed by atoms with van der Waals surface area (Å²) >= 11 is 1.54. The molecule has 3 aromatic heterocycles. The zero-order valence-corrected chi connectivity index (χ0v) is 13.5. The molecule has 0 aliphatic rings. The van der Waals surface area contributed by atoms with Crippen LogP contribution in [0.1, 0.15) is 16.1 Å². The number of carbonyl (C=O) groups excluding carboxylic acids is 1. The Morgan fingerprint density at radius 3 is 2.87 bits per heavy atom. The minimum atomic E-state index is -0.108. The van der Waals surface area contributed by atoms with Gasteiger partial charge >= 0.3 is 0 Å². The second-order valence-corrected chi connectivity index (χ2v) is 5.66. The van der Waals surface area contributed by atoms with Crippen molar-refractivity contribution in [2.24, 2.45) is 0 Å². The molecule has 0 aliphatic carbocycles. The Balaban J connectivity index is 1.68. The van der Waals surface area contributed by atoms with Crippen molar-refractivity contribution in [3.8, 4) is 11.3 Å². The first-order chi connectivity index (χ1) is 11.3. The third-order valence-electron chi connectivity index (χ3n) is 3.35. The van der Waals surface area contributed by atoms with E-state index in [1.165, 1.54) is 11.9 Å². The highest BCUT2D eigenvalue weighted by molar-refractivity contribution is 7.97. The maximum atomic E-state index is 12.1. The average molecular weight is 324 g/mol. The van der Waals surface area contributed by atoms with Gasteiger partial charge in [0.1, 0.15) is 0 Å². The average Bonchev–Trinajstić information content (AvgIpc) is 3.10. The summed E-state index contributed by atoms with van der Waals surface area (Å²) in [6, 6.07) is 11.4. The van der Waals surface area contributed by atoms with Gasteiger partial charge in [0.25, 0.3) is 5.91 Å². The van der Waals surface area contributed by atoms with E-state index < -0.39 is 0 Å². The van der Waals surface area contributed by atoms with Gasteiger partial charge in [-0.1, -0.05) is 6.07 Å². The van der Waals surface area contributed by atoms with E-state index in [1.807, 2.05) is 46.8 Å². The van der Waals surface area contributed by atoms with Gasteiger partial charge in [-0.15, -0.1) is 0 Å². The second-order valence-electron chi connectivity index (χ2n) is 4.88. The highest BCUT2D eigenvalue weighted by Crippen LogP contribution is 2.16. The second kappa shape index (κ2) is 7.11. The van der Waals surface area contributed by atoms with E-state index in [0.29, 0.717) is 12.1 Å². The largest absolute Gasteiger partial charge is 0.346 e. The summed E-state index contributed by atoms with van der Waals surface area (Å²) in [4.78, 5) is 20.8. The summed E-state index contributed by atoms with van der Waals surface area (Å²) in [5.74, 6) is -0.108. The molecule has 5 nitrogen and oxygen atoms in total. The molecule has 0 atom stereocenters. The van der Waals surface area contributed by atoms with Crippen LogP contribution in [-0.4, -0.2) is 26.1 Å². The molecule has 3 aromatic rings. The molecule has 0 aromatic carbocycles. The van der Waals surface area contributed by atoms with Gasteiger partial charge in [-0.3, -0.25) is 18.7 Å². The summed E-state index contributed by atoms with van der Waals surface area (Å²) < 4.78 is 1.88. The molecule has 3 rings (SSSR count). The molecule has 0 spiro atoms. The van der Waals surface area contributed by atoms with Crippen molar-refractivity contribution >= 4 is 17.9 Å². The Bertz CT molecular complexity index is 801. The Kier molecular flexibility index (Phi) is 4.73. The molecule has 0 fully saturated rings. The maximum Gasteiger partial charge on any atom is 0.253 e. The summed E-state index contributed by atoms with van der Waals surface area (Å²) in [5, 5.41) is 2.89. The highest BCUT2D eigenvalue weighted by Gasteiger charge is 2.08. The first-order valence-electron chi connectivity index (χ1n) is 7.13. The number of aromatic nitrogens is 3. The van der Waals surface area contributed by atoms with Crippen LogP contribution in [0.3, 0.4) is 0 Å². The molecular formula is C17H16N4OS. The molecular weight excluding hydrogens is 308 g/mol. The van der Waals surface area contributed by atoms with Crippen LogP contribution in [0.25, 0.3) is 11.3 Å². The minimum absolute atomic E-state index is 0.108. The zero-order chi connectivity index (χ0) is 16.1. The van der Waals surface area contributed by atoms with E-state index in [1.54, 1.807) is 24.7 Å². The maximum absolute atomic E-state index is 12.1. The lowest BCUT2D eigenvalue weighted by molar-refractivity contribution is 0.0950. The number of nitrogens with one attached hydrogen (secondary N) is 1. The van der Waals surface area contributed by atoms with Crippen LogP contribution in [0.4, 0.5) is 0 Å². The molecule has 1 N–H and O–H groups in total. The van der Waals surface area contributed by atoms with Crippen molar-refractivity contribution in [1.82, 2.24) is 19.3 Å². The fraction of sp³-hybridized carbons (Fsp3) is 0.118. The summed E-state index contributed by atoms with van der Waals surface area (Å²) in [6.07, 6.45) is 9.11. The number of rotatable bonds is 5. The molecule has 116 valence electrons. The predicted molar refractivity (Wildman–Crippen MR) is 92.0 cm³/mol. The molecule has 0 saturated carbocycles. The molecule has 0 radical (unpaired) electrons. The Morgan fingerprint density at radius 1 is 1.22 bits per heavy atom. The van der Waals surface area contributed by atoms with Gasteiger partial charge in [0.05, 0.1) is 23.5 Å². The summed E-state index contributed by atoms with van der Waals surface area (Å²) in [5.41, 5.74) is 3.31. The number of carbonyl (C=O) groups is 1. The SMILES string of the molecule is CSn1ccc(C(=O)NCc2cc(-c3ccccn3)ccn2)c1. The Hall–Kier alpha value is -2.60. The molecule has 0 bridgehead atoms. The number of pyridine rings is 2. The lowest BCUT2D eigenvalue weighted by Gasteiger charge is -2.06. The van der Waals surface area contributed by atoms with E-state index in [0.717, 1.165) is 17.0 Å². The van der Waals surface area contributed by atoms with Crippen molar-refractivity contribution in [3.05, 3.63) is 72.4 Å². The standard InChI is InChI=1S/C17H16N4OS/c1-23-21-9-6-14(12-21)17(22)20-11-15-10-13(5-8-18-15)16-4-2-3-7-19-16/h2-10,12H,11H2,1H3,(H,20,22). The van der Waals surface area contributed by atoms with Crippen LogP contribution in [0.15, 0.2) is 61.2 Å². The predicted octanol–water partition coefficient (Wildman–Crippen LogP) is 3.00. The fourth-order valence-electron chi connectivity index (χ4n) is 2.17. The number of hydrogen-bond acceptors (Lipinski definition) is 4. The number of hydrogen-bond donors (Lipinski definition) is 1. The van der Waals surface area contributed by atoms with Gasteiger partial charge in [-0.25, -0.2) is 0 Å². The molecule has 0 aliphatic heterocycles. The van der Waals surface area contributed by atoms with Gasteiger partial charge in [0, 0.05) is 36.6 Å². The van der Waals surface area contributed by atoms with Crippen LogP contribution in [0, 0.1) is 0 Å². The quantitative estimate of drug-likeness (QED) is 0.784. The molecule has 23 heavy (non-hydrogen) atoms. The van der Waals surface area contributed by atoms with Crippen molar-refractivity contribution in [2.75, 3.05) is 6.26 Å². The minimum Gasteiger partial charge on any atom is -0.346 e. The zero-order valence-electron chi connectivity index (χ0n) is 12.6. The van der Waals surface area contributed by atoms with Gasteiger partial charge in [-0.2, -0.15) is 0 Å². The summed E-state index contributed by atoms with van der Waals surface area (Å²) in [7, 11) is 0. The van der Waals surface area contributed by atoms with Crippen LogP contribution >= 0.6 is 11.9 Å². The monoisotopic (exact) mass is 324 g/mol. The number of nitrogens with zero attached hydrogens (tertiary/aromatic N) is 3. The third kappa shape index (κ3) is 3.78. The Morgan fingerprint density at radius 2 is 2.13 bits per heavy atom. The molecule has 0 unspecified atom stereocenters. The topological polar surface area (TPSA) is 59.8 Å². The van der Waals surface area contributed by atoms with E-state index in [4.69, 9.17) is 0 Å². The lowest BCUT2D eigenvalue weighted by Crippen LogP contribution is -2.22. The van der Waals surface area contributed by atoms with Gasteiger partial charge in [0.2, 0.25) is 0 Å². The van der Waals surface area contributed by atoms with Crippen molar-refractivity contribution in [2.45, 2.75) is 6.54 Å². The smallest absolute Gasteiger partial charge is 0.253 e. The normalized spacial score (nSPS) is 10.5. The van der Waals surface area contributed by atoms with E-state index in [2.05, 4.69) is 15.3 Å². The van der Waals surface area contributed by atoms with Crippen LogP contribution in [0.2, 0.25) is 0 Å². The van der Waals surface area contributed by atoms with E-state index >= 15 is 0 Å². The molecule has 0 saturated heterocycles. The first-order valence-corrected chi connectivity index (χ1v) is 8.31. The van der Waals surface area contributed by atoms with Gasteiger partial charge in [-0.05, 0) is 42.3 Å². The van der Waals surface area contributed by atoms with E-state index in [9.17, 15) is 4.79 Å². The van der Waals surface area contributed by atoms with Gasteiger partial charge < -0.3 is 5.32 Å². The Labute approximate surface area is 138 Å². The van der Waals surface area contributed by atoms with Crippen LogP contribution in [-0.2, 0) is 6.54 Å². The lowest BCUT2D eigenvalue weighted by atomic mass is 10.1. The highest BCUT2D eigenvalue weighted by atomic mass is 32.2. The van der Waals surface area contributed by atoms with Crippen LogP contribution < -0.4 is 5.32 Å². The van der Waals surface area contributed by atoms with Crippen LogP contribution in [0.5, 0.6) is 0 Å². The fourth-order valence-corrected chi connectivity index (χ4v) is 2.57. The van der Waals surface area contributed by atoms with Crippen molar-refractivity contribution < 1.29 is 4.79 Å². The summed E-state index contributed by atoms with van der Waals surface area (Å²) in [6.45, 7) is 0.379. The van der Waals surface area contributed by atoms with Crippen molar-refractivity contribution in [1.29, 1.82) is 0 Å². The van der Waals surface area contributed by atoms with E-state index in [-0.39, 0.29) is 5.91 Å². The number of amides is 1. The first kappa shape index (κ1) is 15.3. The van der Waals surface area contributed by atoms with Crippen molar-refractivity contribution in [3.63, 3.8) is 0 Å². The van der Waals surface area contributed by atoms with Gasteiger partial charge in [0.15, 0.2) is 0 Å². The molecule has 1 amide bonds. The molecule has 6 heteroatoms.